The molecule has 0 aliphatic heterocycles. The molecule has 1 aromatic heterocycles. The lowest BCUT2D eigenvalue weighted by molar-refractivity contribution is -0.121. The number of rotatable bonds is 8. The molecule has 96 valence electrons. The number of aryl methyl sites for hydroxylation is 1. The molecule has 1 aromatic rings. The quantitative estimate of drug-likeness (QED) is 0.640. The summed E-state index contributed by atoms with van der Waals surface area (Å²) < 4.78 is 1.71. The number of hydrogen-bond acceptors (Lipinski definition) is 4. The van der Waals surface area contributed by atoms with Crippen molar-refractivity contribution in [3.8, 4) is 0 Å². The summed E-state index contributed by atoms with van der Waals surface area (Å²) >= 11 is 0. The van der Waals surface area contributed by atoms with Gasteiger partial charge in [0.05, 0.1) is 12.2 Å². The molecule has 0 spiro atoms. The maximum atomic E-state index is 11.2. The Labute approximate surface area is 102 Å². The monoisotopic (exact) mass is 239 g/mol. The van der Waals surface area contributed by atoms with Crippen LogP contribution in [0.4, 0.5) is 0 Å². The fraction of sp³-hybridized carbons (Fsp3) is 0.727. The topological polar surface area (TPSA) is 71.8 Å². The van der Waals surface area contributed by atoms with Crippen LogP contribution in [0.15, 0.2) is 6.20 Å². The summed E-state index contributed by atoms with van der Waals surface area (Å²) in [6.45, 7) is 6.98. The van der Waals surface area contributed by atoms with Gasteiger partial charge in [-0.15, -0.1) is 5.10 Å². The lowest BCUT2D eigenvalue weighted by Gasteiger charge is -2.01. The molecule has 1 rings (SSSR count). The Morgan fingerprint density at radius 2 is 2.29 bits per heavy atom. The van der Waals surface area contributed by atoms with Crippen LogP contribution < -0.4 is 10.6 Å². The number of nitrogens with one attached hydrogen (secondary N) is 2. The van der Waals surface area contributed by atoms with Crippen molar-refractivity contribution < 1.29 is 4.79 Å². The molecule has 0 fully saturated rings. The first kappa shape index (κ1) is 13.6. The van der Waals surface area contributed by atoms with Gasteiger partial charge in [-0.1, -0.05) is 12.1 Å². The van der Waals surface area contributed by atoms with Gasteiger partial charge in [0.15, 0.2) is 0 Å². The van der Waals surface area contributed by atoms with E-state index in [4.69, 9.17) is 0 Å². The molecule has 6 nitrogen and oxygen atoms in total. The molecule has 0 aromatic carbocycles. The maximum Gasteiger partial charge on any atom is 0.221 e. The highest BCUT2D eigenvalue weighted by Gasteiger charge is 2.03. The fourth-order valence-electron chi connectivity index (χ4n) is 1.42. The van der Waals surface area contributed by atoms with Crippen LogP contribution in [0.5, 0.6) is 0 Å². The number of carbonyl (C=O) groups is 1. The predicted octanol–water partition coefficient (Wildman–Crippen LogP) is 0.304. The van der Waals surface area contributed by atoms with Crippen molar-refractivity contribution in [1.29, 1.82) is 0 Å². The van der Waals surface area contributed by atoms with E-state index >= 15 is 0 Å². The second kappa shape index (κ2) is 7.78. The minimum Gasteiger partial charge on any atom is -0.356 e. The molecule has 0 radical (unpaired) electrons. The molecule has 0 aliphatic rings. The van der Waals surface area contributed by atoms with Gasteiger partial charge >= 0.3 is 0 Å². The van der Waals surface area contributed by atoms with Crippen LogP contribution in [0.2, 0.25) is 0 Å². The van der Waals surface area contributed by atoms with E-state index in [9.17, 15) is 4.79 Å². The van der Waals surface area contributed by atoms with E-state index in [0.717, 1.165) is 25.2 Å². The molecule has 17 heavy (non-hydrogen) atoms. The normalized spacial score (nSPS) is 10.5. The van der Waals surface area contributed by atoms with E-state index in [1.807, 2.05) is 13.1 Å². The Hall–Kier alpha value is -1.43. The Morgan fingerprint density at radius 3 is 3.00 bits per heavy atom. The van der Waals surface area contributed by atoms with E-state index in [-0.39, 0.29) is 5.91 Å². The first-order valence-electron chi connectivity index (χ1n) is 6.12. The largest absolute Gasteiger partial charge is 0.356 e. The molecular formula is C11H21N5O. The van der Waals surface area contributed by atoms with E-state index in [2.05, 4.69) is 27.9 Å². The van der Waals surface area contributed by atoms with Crippen LogP contribution in [0, 0.1) is 0 Å². The SMILES string of the molecule is CCCNCc1cn(CCC(=O)NCC)nn1. The van der Waals surface area contributed by atoms with Crippen LogP contribution in [-0.2, 0) is 17.9 Å². The molecule has 0 saturated heterocycles. The van der Waals surface area contributed by atoms with Crippen molar-refractivity contribution in [3.05, 3.63) is 11.9 Å². The number of amides is 1. The van der Waals surface area contributed by atoms with Crippen molar-refractivity contribution in [2.45, 2.75) is 39.8 Å². The summed E-state index contributed by atoms with van der Waals surface area (Å²) in [7, 11) is 0. The zero-order chi connectivity index (χ0) is 12.5. The fourth-order valence-corrected chi connectivity index (χ4v) is 1.42. The number of aromatic nitrogens is 3. The Balaban J connectivity index is 2.27. The molecule has 0 saturated carbocycles. The van der Waals surface area contributed by atoms with Crippen molar-refractivity contribution in [1.82, 2.24) is 25.6 Å². The van der Waals surface area contributed by atoms with Crippen LogP contribution in [0.1, 0.15) is 32.4 Å². The smallest absolute Gasteiger partial charge is 0.221 e. The molecule has 0 aliphatic carbocycles. The first-order valence-corrected chi connectivity index (χ1v) is 6.12. The molecular weight excluding hydrogens is 218 g/mol. The molecule has 6 heteroatoms. The average Bonchev–Trinajstić information content (AvgIpc) is 2.75. The highest BCUT2D eigenvalue weighted by Crippen LogP contribution is 1.94. The van der Waals surface area contributed by atoms with Crippen LogP contribution >= 0.6 is 0 Å². The zero-order valence-corrected chi connectivity index (χ0v) is 10.6. The highest BCUT2D eigenvalue weighted by molar-refractivity contribution is 5.75. The second-order valence-electron chi connectivity index (χ2n) is 3.85. The van der Waals surface area contributed by atoms with Crippen molar-refractivity contribution in [2.75, 3.05) is 13.1 Å². The molecule has 2 N–H and O–H groups in total. The maximum absolute atomic E-state index is 11.2. The van der Waals surface area contributed by atoms with Gasteiger partial charge in [0.1, 0.15) is 0 Å². The number of carbonyl (C=O) groups excluding carboxylic acids is 1. The Bertz CT molecular complexity index is 336. The predicted molar refractivity (Wildman–Crippen MR) is 65.3 cm³/mol. The van der Waals surface area contributed by atoms with Crippen molar-refractivity contribution in [2.24, 2.45) is 0 Å². The minimum atomic E-state index is 0.0497. The van der Waals surface area contributed by atoms with Crippen LogP contribution in [0.25, 0.3) is 0 Å². The third-order valence-corrected chi connectivity index (χ3v) is 2.26. The van der Waals surface area contributed by atoms with Gasteiger partial charge in [0, 0.05) is 25.7 Å². The molecule has 0 atom stereocenters. The number of nitrogens with zero attached hydrogens (tertiary/aromatic N) is 3. The summed E-state index contributed by atoms with van der Waals surface area (Å²) in [6, 6.07) is 0. The summed E-state index contributed by atoms with van der Waals surface area (Å²) in [5.74, 6) is 0.0497. The van der Waals surface area contributed by atoms with Crippen molar-refractivity contribution >= 4 is 5.91 Å². The lowest BCUT2D eigenvalue weighted by atomic mass is 10.4. The van der Waals surface area contributed by atoms with E-state index in [1.54, 1.807) is 4.68 Å². The summed E-state index contributed by atoms with van der Waals surface area (Å²) in [5.41, 5.74) is 0.911. The molecule has 1 amide bonds. The summed E-state index contributed by atoms with van der Waals surface area (Å²) in [4.78, 5) is 11.2. The lowest BCUT2D eigenvalue weighted by Crippen LogP contribution is -2.23. The third-order valence-electron chi connectivity index (χ3n) is 2.26. The second-order valence-corrected chi connectivity index (χ2v) is 3.85. The van der Waals surface area contributed by atoms with E-state index < -0.39 is 0 Å². The van der Waals surface area contributed by atoms with Gasteiger partial charge < -0.3 is 10.6 Å². The van der Waals surface area contributed by atoms with Gasteiger partial charge in [-0.3, -0.25) is 9.48 Å². The zero-order valence-electron chi connectivity index (χ0n) is 10.6. The van der Waals surface area contributed by atoms with Gasteiger partial charge in [-0.25, -0.2) is 0 Å². The van der Waals surface area contributed by atoms with Gasteiger partial charge in [0.2, 0.25) is 5.91 Å². The van der Waals surface area contributed by atoms with Gasteiger partial charge in [0.25, 0.3) is 0 Å². The summed E-state index contributed by atoms with van der Waals surface area (Å²) in [6.07, 6.45) is 3.42. The van der Waals surface area contributed by atoms with Crippen LogP contribution in [0.3, 0.4) is 0 Å². The number of hydrogen-bond donors (Lipinski definition) is 2. The summed E-state index contributed by atoms with van der Waals surface area (Å²) in [5, 5.41) is 14.0. The minimum absolute atomic E-state index is 0.0497. The van der Waals surface area contributed by atoms with E-state index in [0.29, 0.717) is 19.5 Å². The standard InChI is InChI=1S/C11H21N5O/c1-3-6-12-8-10-9-16(15-14-10)7-5-11(17)13-4-2/h9,12H,3-8H2,1-2H3,(H,13,17). The Kier molecular flexibility index (Phi) is 6.24. The van der Waals surface area contributed by atoms with E-state index in [1.165, 1.54) is 0 Å². The molecule has 0 bridgehead atoms. The Morgan fingerprint density at radius 1 is 1.47 bits per heavy atom. The third kappa shape index (κ3) is 5.44. The first-order chi connectivity index (χ1) is 8.26. The van der Waals surface area contributed by atoms with Gasteiger partial charge in [-0.2, -0.15) is 0 Å². The highest BCUT2D eigenvalue weighted by atomic mass is 16.1. The average molecular weight is 239 g/mol. The van der Waals surface area contributed by atoms with Crippen molar-refractivity contribution in [3.63, 3.8) is 0 Å². The van der Waals surface area contributed by atoms with Crippen LogP contribution in [-0.4, -0.2) is 34.0 Å². The molecule has 0 unspecified atom stereocenters. The van der Waals surface area contributed by atoms with Gasteiger partial charge in [-0.05, 0) is 19.9 Å². The molecule has 1 heterocycles.